The predicted octanol–water partition coefficient (Wildman–Crippen LogP) is 5.65. The molecule has 0 unspecified atom stereocenters. The smallest absolute Gasteiger partial charge is 0.297 e. The second-order valence-electron chi connectivity index (χ2n) is 10.9. The Morgan fingerprint density at radius 3 is 2.49 bits per heavy atom. The van der Waals surface area contributed by atoms with Crippen LogP contribution in [0.1, 0.15) is 36.8 Å². The Bertz CT molecular complexity index is 1590. The lowest BCUT2D eigenvalue weighted by Gasteiger charge is -2.26. The molecule has 214 valence electrons. The minimum absolute atomic E-state index is 0.0811. The number of benzene rings is 3. The number of hydrogen-bond donors (Lipinski definition) is 1. The molecule has 0 atom stereocenters. The highest BCUT2D eigenvalue weighted by atomic mass is 35.5. The fourth-order valence-corrected chi connectivity index (χ4v) is 4.83. The van der Waals surface area contributed by atoms with Crippen molar-refractivity contribution in [3.05, 3.63) is 82.8 Å². The number of carbonyl (C=O) groups is 2. The van der Waals surface area contributed by atoms with E-state index >= 15 is 0 Å². The van der Waals surface area contributed by atoms with Gasteiger partial charge in [-0.2, -0.15) is 5.10 Å². The second-order valence-corrected chi connectivity index (χ2v) is 11.3. The van der Waals surface area contributed by atoms with Gasteiger partial charge in [0.2, 0.25) is 0 Å². The molecule has 1 aromatic heterocycles. The van der Waals surface area contributed by atoms with E-state index < -0.39 is 17.5 Å². The largest absolute Gasteiger partial charge is 0.492 e. The standard InChI is InChI=1S/C31H32ClFN4O4/c1-31(2,3)27-19-28(37(35-27)20-8-10-25(33)24(32)18-20)34-30(39)29(38)23-9-11-26(22-7-5-4-6-21(22)23)41-17-14-36-12-15-40-16-13-36/h4-11,18-19H,12-17H2,1-3H3,(H,34,39). The van der Waals surface area contributed by atoms with Crippen LogP contribution in [0.2, 0.25) is 5.02 Å². The molecule has 0 saturated carbocycles. The molecule has 0 radical (unpaired) electrons. The number of aromatic nitrogens is 2. The van der Waals surface area contributed by atoms with Crippen molar-refractivity contribution in [3.8, 4) is 11.4 Å². The highest BCUT2D eigenvalue weighted by Crippen LogP contribution is 2.31. The molecule has 41 heavy (non-hydrogen) atoms. The monoisotopic (exact) mass is 578 g/mol. The Labute approximate surface area is 243 Å². The highest BCUT2D eigenvalue weighted by Gasteiger charge is 2.25. The fraction of sp³-hybridized carbons (Fsp3) is 0.323. The summed E-state index contributed by atoms with van der Waals surface area (Å²) in [5, 5.41) is 8.61. The molecule has 5 rings (SSSR count). The van der Waals surface area contributed by atoms with Gasteiger partial charge in [-0.05, 0) is 35.7 Å². The first-order valence-corrected chi connectivity index (χ1v) is 13.9. The van der Waals surface area contributed by atoms with E-state index in [1.54, 1.807) is 24.3 Å². The maximum Gasteiger partial charge on any atom is 0.297 e. The van der Waals surface area contributed by atoms with Crippen LogP contribution < -0.4 is 10.1 Å². The van der Waals surface area contributed by atoms with Crippen molar-refractivity contribution in [1.29, 1.82) is 0 Å². The first-order valence-electron chi connectivity index (χ1n) is 13.5. The summed E-state index contributed by atoms with van der Waals surface area (Å²) >= 11 is 6.01. The second kappa shape index (κ2) is 12.0. The van der Waals surface area contributed by atoms with Gasteiger partial charge < -0.3 is 14.8 Å². The van der Waals surface area contributed by atoms with Crippen molar-refractivity contribution in [3.63, 3.8) is 0 Å². The molecule has 1 amide bonds. The molecular weight excluding hydrogens is 547 g/mol. The summed E-state index contributed by atoms with van der Waals surface area (Å²) in [4.78, 5) is 29.1. The number of nitrogens with one attached hydrogen (secondary N) is 1. The molecule has 8 nitrogen and oxygen atoms in total. The van der Waals surface area contributed by atoms with Gasteiger partial charge in [0.15, 0.2) is 0 Å². The van der Waals surface area contributed by atoms with Crippen molar-refractivity contribution in [1.82, 2.24) is 14.7 Å². The zero-order valence-electron chi connectivity index (χ0n) is 23.2. The van der Waals surface area contributed by atoms with Crippen molar-refractivity contribution in [2.24, 2.45) is 0 Å². The zero-order valence-corrected chi connectivity index (χ0v) is 24.0. The van der Waals surface area contributed by atoms with Gasteiger partial charge in [0.25, 0.3) is 11.7 Å². The Morgan fingerprint density at radius 2 is 1.78 bits per heavy atom. The number of amides is 1. The van der Waals surface area contributed by atoms with E-state index in [1.165, 1.54) is 22.9 Å². The molecule has 1 aliphatic heterocycles. The number of ketones is 1. The van der Waals surface area contributed by atoms with Crippen LogP contribution in [0.15, 0.2) is 60.7 Å². The molecule has 1 fully saturated rings. The average Bonchev–Trinajstić information content (AvgIpc) is 3.39. The van der Waals surface area contributed by atoms with Crippen LogP contribution in [0.4, 0.5) is 10.2 Å². The normalized spacial score (nSPS) is 14.3. The Balaban J connectivity index is 1.39. The summed E-state index contributed by atoms with van der Waals surface area (Å²) in [6, 6.07) is 16.5. The van der Waals surface area contributed by atoms with Crippen molar-refractivity contribution in [2.45, 2.75) is 26.2 Å². The SMILES string of the molecule is CC(C)(C)c1cc(NC(=O)C(=O)c2ccc(OCCN3CCOCC3)c3ccccc23)n(-c2ccc(F)c(Cl)c2)n1. The van der Waals surface area contributed by atoms with Gasteiger partial charge in [-0.3, -0.25) is 14.5 Å². The third-order valence-corrected chi connectivity index (χ3v) is 7.26. The van der Waals surface area contributed by atoms with Gasteiger partial charge in [-0.15, -0.1) is 0 Å². The Morgan fingerprint density at radius 1 is 1.05 bits per heavy atom. The number of rotatable bonds is 8. The van der Waals surface area contributed by atoms with Crippen LogP contribution in [-0.2, 0) is 14.9 Å². The van der Waals surface area contributed by atoms with Crippen molar-refractivity contribution >= 4 is 39.9 Å². The number of morpholine rings is 1. The number of anilines is 1. The van der Waals surface area contributed by atoms with E-state index in [2.05, 4.69) is 15.3 Å². The number of Topliss-reactive ketones (excluding diaryl/α,β-unsaturated/α-hetero) is 1. The van der Waals surface area contributed by atoms with E-state index in [0.717, 1.165) is 38.2 Å². The maximum absolute atomic E-state index is 13.8. The molecule has 1 aliphatic rings. The minimum atomic E-state index is -0.828. The number of fused-ring (bicyclic) bond motifs is 1. The predicted molar refractivity (Wildman–Crippen MR) is 157 cm³/mol. The lowest BCUT2D eigenvalue weighted by molar-refractivity contribution is -0.112. The van der Waals surface area contributed by atoms with E-state index in [9.17, 15) is 14.0 Å². The third kappa shape index (κ3) is 6.43. The molecule has 3 aromatic carbocycles. The number of hydrogen-bond acceptors (Lipinski definition) is 6. The molecule has 10 heteroatoms. The summed E-state index contributed by atoms with van der Waals surface area (Å²) in [5.74, 6) is -1.19. The van der Waals surface area contributed by atoms with E-state index in [1.807, 2.05) is 39.0 Å². The van der Waals surface area contributed by atoms with Gasteiger partial charge in [-0.25, -0.2) is 9.07 Å². The quantitative estimate of drug-likeness (QED) is 0.215. The first-order chi connectivity index (χ1) is 19.6. The zero-order chi connectivity index (χ0) is 29.1. The summed E-state index contributed by atoms with van der Waals surface area (Å²) in [5.41, 5.74) is 1.01. The van der Waals surface area contributed by atoms with Crippen LogP contribution in [0, 0.1) is 5.82 Å². The molecule has 1 N–H and O–H groups in total. The molecule has 2 heterocycles. The lowest BCUT2D eigenvalue weighted by atomic mass is 9.92. The fourth-order valence-electron chi connectivity index (χ4n) is 4.65. The summed E-state index contributed by atoms with van der Waals surface area (Å²) in [7, 11) is 0. The highest BCUT2D eigenvalue weighted by molar-refractivity contribution is 6.48. The number of ether oxygens (including phenoxy) is 2. The van der Waals surface area contributed by atoms with Crippen LogP contribution in [0.5, 0.6) is 5.75 Å². The van der Waals surface area contributed by atoms with Gasteiger partial charge in [-0.1, -0.05) is 56.6 Å². The first kappa shape index (κ1) is 28.7. The number of halogens is 2. The van der Waals surface area contributed by atoms with E-state index in [-0.39, 0.29) is 21.8 Å². The molecule has 0 bridgehead atoms. The van der Waals surface area contributed by atoms with Crippen molar-refractivity contribution < 1.29 is 23.5 Å². The third-order valence-electron chi connectivity index (χ3n) is 6.97. The van der Waals surface area contributed by atoms with Gasteiger partial charge in [0.1, 0.15) is 24.0 Å². The molecular formula is C31H32ClFN4O4. The number of nitrogens with zero attached hydrogens (tertiary/aromatic N) is 3. The van der Waals surface area contributed by atoms with Gasteiger partial charge in [0, 0.05) is 42.1 Å². The molecule has 0 spiro atoms. The molecule has 0 aliphatic carbocycles. The molecule has 1 saturated heterocycles. The maximum atomic E-state index is 13.8. The minimum Gasteiger partial charge on any atom is -0.492 e. The van der Waals surface area contributed by atoms with Gasteiger partial charge in [0.05, 0.1) is 29.6 Å². The van der Waals surface area contributed by atoms with Crippen LogP contribution in [-0.4, -0.2) is 65.8 Å². The van der Waals surface area contributed by atoms with Gasteiger partial charge >= 0.3 is 0 Å². The summed E-state index contributed by atoms with van der Waals surface area (Å²) in [6.45, 7) is 10.4. The van der Waals surface area contributed by atoms with E-state index in [0.29, 0.717) is 29.1 Å². The summed E-state index contributed by atoms with van der Waals surface area (Å²) < 4.78 is 26.8. The molecule has 4 aromatic rings. The average molecular weight is 579 g/mol. The van der Waals surface area contributed by atoms with Crippen molar-refractivity contribution in [2.75, 3.05) is 44.8 Å². The Kier molecular flexibility index (Phi) is 8.40. The number of carbonyl (C=O) groups excluding carboxylic acids is 2. The van der Waals surface area contributed by atoms with Crippen LogP contribution >= 0.6 is 11.6 Å². The Hall–Kier alpha value is -3.79. The summed E-state index contributed by atoms with van der Waals surface area (Å²) in [6.07, 6.45) is 0. The van der Waals surface area contributed by atoms with E-state index in [4.69, 9.17) is 21.1 Å². The lowest BCUT2D eigenvalue weighted by Crippen LogP contribution is -2.38. The van der Waals surface area contributed by atoms with Crippen LogP contribution in [0.25, 0.3) is 16.5 Å². The topological polar surface area (TPSA) is 85.7 Å². The van der Waals surface area contributed by atoms with Crippen LogP contribution in [0.3, 0.4) is 0 Å².